The van der Waals surface area contributed by atoms with Crippen molar-refractivity contribution in [2.75, 3.05) is 7.05 Å². The Morgan fingerprint density at radius 1 is 1.35 bits per heavy atom. The van der Waals surface area contributed by atoms with Gasteiger partial charge in [-0.25, -0.2) is 4.79 Å². The van der Waals surface area contributed by atoms with E-state index in [1.165, 1.54) is 17.8 Å². The number of nitrogens with zero attached hydrogens (tertiary/aromatic N) is 2. The van der Waals surface area contributed by atoms with E-state index in [0.717, 1.165) is 35.1 Å². The van der Waals surface area contributed by atoms with Crippen LogP contribution in [0.15, 0.2) is 15.7 Å². The summed E-state index contributed by atoms with van der Waals surface area (Å²) < 4.78 is 1.01. The van der Waals surface area contributed by atoms with Gasteiger partial charge in [-0.3, -0.25) is 19.1 Å². The van der Waals surface area contributed by atoms with E-state index in [4.69, 9.17) is 0 Å². The Morgan fingerprint density at radius 3 is 2.74 bits per heavy atom. The summed E-state index contributed by atoms with van der Waals surface area (Å²) >= 11 is 1.37. The van der Waals surface area contributed by atoms with Crippen molar-refractivity contribution >= 4 is 27.5 Å². The van der Waals surface area contributed by atoms with Gasteiger partial charge >= 0.3 is 5.69 Å². The van der Waals surface area contributed by atoms with Gasteiger partial charge in [0.2, 0.25) is 5.91 Å². The number of likely N-dealkylation sites (N-methyl/N-ethyl adjacent to an activating group) is 1. The highest BCUT2D eigenvalue weighted by atomic mass is 32.1. The van der Waals surface area contributed by atoms with Crippen LogP contribution in [-0.2, 0) is 11.3 Å². The first-order valence-electron chi connectivity index (χ1n) is 7.96. The first-order valence-corrected chi connectivity index (χ1v) is 8.78. The molecule has 0 atom stereocenters. The predicted molar refractivity (Wildman–Crippen MR) is 91.1 cm³/mol. The molecule has 1 aliphatic carbocycles. The number of carbonyl (C=O) groups is 1. The summed E-state index contributed by atoms with van der Waals surface area (Å²) in [5.41, 5.74) is -0.909. The van der Waals surface area contributed by atoms with Gasteiger partial charge in [-0.15, -0.1) is 11.3 Å². The molecule has 1 amide bonds. The molecule has 0 radical (unpaired) electrons. The molecule has 1 saturated carbocycles. The van der Waals surface area contributed by atoms with Gasteiger partial charge in [0.05, 0.1) is 5.39 Å². The van der Waals surface area contributed by atoms with Crippen molar-refractivity contribution in [3.05, 3.63) is 31.8 Å². The van der Waals surface area contributed by atoms with Crippen LogP contribution in [0.5, 0.6) is 0 Å². The topological polar surface area (TPSA) is 75.2 Å². The van der Waals surface area contributed by atoms with E-state index in [1.54, 1.807) is 18.0 Å². The number of aryl methyl sites for hydroxylation is 1. The minimum Gasteiger partial charge on any atom is -0.341 e. The molecule has 1 fully saturated rings. The Kier molecular flexibility index (Phi) is 4.39. The second-order valence-electron chi connectivity index (χ2n) is 6.22. The standard InChI is InChI=1S/C16H21N3O3S/c1-10-8-12-14(23-10)17-16(22)19(15(12)21)9-13(20)18(2)11-6-4-3-5-7-11/h8,11H,3-7,9H2,1-2H3,(H,17,22). The van der Waals surface area contributed by atoms with E-state index in [2.05, 4.69) is 4.98 Å². The fraction of sp³-hybridized carbons (Fsp3) is 0.562. The molecule has 0 saturated heterocycles. The van der Waals surface area contributed by atoms with E-state index in [9.17, 15) is 14.4 Å². The molecule has 0 aromatic carbocycles. The molecule has 2 aromatic heterocycles. The van der Waals surface area contributed by atoms with Crippen LogP contribution in [0.4, 0.5) is 0 Å². The number of nitrogens with one attached hydrogen (secondary N) is 1. The molecule has 2 heterocycles. The van der Waals surface area contributed by atoms with Crippen LogP contribution in [0.2, 0.25) is 0 Å². The van der Waals surface area contributed by atoms with Crippen LogP contribution in [0.25, 0.3) is 10.2 Å². The minimum absolute atomic E-state index is 0.184. The number of aromatic nitrogens is 2. The second-order valence-corrected chi connectivity index (χ2v) is 7.47. The number of hydrogen-bond donors (Lipinski definition) is 1. The molecular weight excluding hydrogens is 314 g/mol. The fourth-order valence-corrected chi connectivity index (χ4v) is 4.12. The van der Waals surface area contributed by atoms with Gasteiger partial charge in [-0.05, 0) is 25.8 Å². The van der Waals surface area contributed by atoms with Crippen molar-refractivity contribution in [2.45, 2.75) is 51.6 Å². The number of rotatable bonds is 3. The summed E-state index contributed by atoms with van der Waals surface area (Å²) in [5, 5.41) is 0.472. The molecule has 2 aromatic rings. The zero-order valence-corrected chi connectivity index (χ0v) is 14.2. The highest BCUT2D eigenvalue weighted by Crippen LogP contribution is 2.22. The van der Waals surface area contributed by atoms with Crippen LogP contribution in [-0.4, -0.2) is 33.4 Å². The SMILES string of the molecule is Cc1cc2c(=O)n(CC(=O)N(C)C3CCCCC3)c(=O)[nH]c2s1. The maximum atomic E-state index is 12.5. The summed E-state index contributed by atoms with van der Waals surface area (Å²) in [7, 11) is 1.77. The number of H-pyrrole nitrogens is 1. The molecular formula is C16H21N3O3S. The Morgan fingerprint density at radius 2 is 2.04 bits per heavy atom. The molecule has 1 N–H and O–H groups in total. The molecule has 0 aliphatic heterocycles. The first kappa shape index (κ1) is 16.0. The van der Waals surface area contributed by atoms with Gasteiger partial charge < -0.3 is 4.90 Å². The zero-order chi connectivity index (χ0) is 16.6. The summed E-state index contributed by atoms with van der Waals surface area (Å²) in [6.45, 7) is 1.68. The fourth-order valence-electron chi connectivity index (χ4n) is 3.23. The number of amides is 1. The lowest BCUT2D eigenvalue weighted by molar-refractivity contribution is -0.133. The molecule has 6 nitrogen and oxygen atoms in total. The lowest BCUT2D eigenvalue weighted by Crippen LogP contribution is -2.44. The zero-order valence-electron chi connectivity index (χ0n) is 13.4. The molecule has 3 rings (SSSR count). The van der Waals surface area contributed by atoms with Crippen molar-refractivity contribution < 1.29 is 4.79 Å². The molecule has 124 valence electrons. The number of thiophene rings is 1. The summed E-state index contributed by atoms with van der Waals surface area (Å²) in [4.78, 5) is 43.0. The minimum atomic E-state index is -0.519. The first-order chi connectivity index (χ1) is 11.0. The number of fused-ring (bicyclic) bond motifs is 1. The highest BCUT2D eigenvalue weighted by Gasteiger charge is 2.23. The number of carbonyl (C=O) groups excluding carboxylic acids is 1. The van der Waals surface area contributed by atoms with Crippen LogP contribution < -0.4 is 11.2 Å². The second kappa shape index (κ2) is 6.31. The third kappa shape index (κ3) is 3.10. The Balaban J connectivity index is 1.87. The maximum Gasteiger partial charge on any atom is 0.329 e. The van der Waals surface area contributed by atoms with Gasteiger partial charge in [-0.2, -0.15) is 0 Å². The Bertz CT molecular complexity index is 842. The van der Waals surface area contributed by atoms with E-state index in [1.807, 2.05) is 6.92 Å². The Labute approximate surface area is 137 Å². The highest BCUT2D eigenvalue weighted by molar-refractivity contribution is 7.18. The average Bonchev–Trinajstić information content (AvgIpc) is 2.91. The van der Waals surface area contributed by atoms with Crippen LogP contribution in [0.3, 0.4) is 0 Å². The van der Waals surface area contributed by atoms with E-state index in [-0.39, 0.29) is 18.5 Å². The van der Waals surface area contributed by atoms with Crippen molar-refractivity contribution in [1.82, 2.24) is 14.5 Å². The number of aromatic amines is 1. The molecule has 23 heavy (non-hydrogen) atoms. The van der Waals surface area contributed by atoms with Crippen LogP contribution in [0.1, 0.15) is 37.0 Å². The summed E-state index contributed by atoms with van der Waals surface area (Å²) in [5.74, 6) is -0.184. The van der Waals surface area contributed by atoms with Crippen LogP contribution >= 0.6 is 11.3 Å². The lowest BCUT2D eigenvalue weighted by atomic mass is 9.94. The predicted octanol–water partition coefficient (Wildman–Crippen LogP) is 1.85. The molecule has 1 aliphatic rings. The quantitative estimate of drug-likeness (QED) is 0.930. The lowest BCUT2D eigenvalue weighted by Gasteiger charge is -2.31. The third-order valence-corrected chi connectivity index (χ3v) is 5.57. The van der Waals surface area contributed by atoms with Crippen molar-refractivity contribution in [3.8, 4) is 0 Å². The van der Waals surface area contributed by atoms with Gasteiger partial charge in [0.25, 0.3) is 5.56 Å². The van der Waals surface area contributed by atoms with E-state index >= 15 is 0 Å². The molecule has 0 bridgehead atoms. The largest absolute Gasteiger partial charge is 0.341 e. The van der Waals surface area contributed by atoms with Crippen molar-refractivity contribution in [1.29, 1.82) is 0 Å². The van der Waals surface area contributed by atoms with E-state index < -0.39 is 11.2 Å². The smallest absolute Gasteiger partial charge is 0.329 e. The van der Waals surface area contributed by atoms with Gasteiger partial charge in [0.15, 0.2) is 0 Å². The monoisotopic (exact) mass is 335 g/mol. The average molecular weight is 335 g/mol. The van der Waals surface area contributed by atoms with E-state index in [0.29, 0.717) is 10.2 Å². The van der Waals surface area contributed by atoms with Gasteiger partial charge in [-0.1, -0.05) is 19.3 Å². The molecule has 7 heteroatoms. The molecule has 0 spiro atoms. The van der Waals surface area contributed by atoms with Crippen molar-refractivity contribution in [2.24, 2.45) is 0 Å². The van der Waals surface area contributed by atoms with Crippen LogP contribution in [0, 0.1) is 6.92 Å². The van der Waals surface area contributed by atoms with Gasteiger partial charge in [0, 0.05) is 18.0 Å². The summed E-state index contributed by atoms with van der Waals surface area (Å²) in [6, 6.07) is 1.97. The molecule has 0 unspecified atom stereocenters. The third-order valence-electron chi connectivity index (χ3n) is 4.61. The summed E-state index contributed by atoms with van der Waals surface area (Å²) in [6.07, 6.45) is 5.46. The Hall–Kier alpha value is -1.89. The number of hydrogen-bond acceptors (Lipinski definition) is 4. The van der Waals surface area contributed by atoms with Gasteiger partial charge in [0.1, 0.15) is 11.4 Å². The normalized spacial score (nSPS) is 15.9. The van der Waals surface area contributed by atoms with Crippen molar-refractivity contribution in [3.63, 3.8) is 0 Å². The maximum absolute atomic E-state index is 12.5.